The number of halogens is 4. The monoisotopic (exact) mass is 374 g/mol. The maximum absolute atomic E-state index is 12.2. The molecule has 1 heterocycles. The molecule has 0 aliphatic carbocycles. The molecule has 0 atom stereocenters. The number of alkyl halides is 3. The topological polar surface area (TPSA) is 76.7 Å². The Morgan fingerprint density at radius 1 is 1.32 bits per heavy atom. The van der Waals surface area contributed by atoms with Crippen LogP contribution >= 0.6 is 11.6 Å². The summed E-state index contributed by atoms with van der Waals surface area (Å²) in [5, 5.41) is 9.35. The van der Waals surface area contributed by atoms with E-state index in [2.05, 4.69) is 4.74 Å². The van der Waals surface area contributed by atoms with E-state index in [9.17, 15) is 27.9 Å². The number of hydrogen-bond donors (Lipinski definition) is 1. The van der Waals surface area contributed by atoms with Gasteiger partial charge in [0, 0.05) is 6.07 Å². The fourth-order valence-corrected chi connectivity index (χ4v) is 2.13. The van der Waals surface area contributed by atoms with Crippen LogP contribution in [0.25, 0.3) is 6.08 Å². The molecule has 2 rings (SSSR count). The van der Waals surface area contributed by atoms with Gasteiger partial charge >= 0.3 is 12.0 Å². The van der Waals surface area contributed by atoms with Crippen LogP contribution in [-0.4, -0.2) is 17.3 Å². The molecule has 2 aromatic rings. The minimum Gasteiger partial charge on any atom is -0.507 e. The van der Waals surface area contributed by atoms with Gasteiger partial charge in [-0.3, -0.25) is 4.79 Å². The molecule has 9 heteroatoms. The fourth-order valence-electron chi connectivity index (χ4n) is 1.91. The van der Waals surface area contributed by atoms with E-state index in [1.54, 1.807) is 0 Å². The predicted molar refractivity (Wildman–Crippen MR) is 82.9 cm³/mol. The lowest BCUT2D eigenvalue weighted by Crippen LogP contribution is -2.17. The molecule has 0 amide bonds. The Balaban J connectivity index is 2.24. The molecule has 1 aromatic carbocycles. The molecule has 1 N–H and O–H groups in total. The zero-order chi connectivity index (χ0) is 18.8. The molecule has 0 aliphatic rings. The first kappa shape index (κ1) is 18.6. The first-order valence-electron chi connectivity index (χ1n) is 6.68. The van der Waals surface area contributed by atoms with Crippen molar-refractivity contribution in [2.45, 2.75) is 13.3 Å². The van der Waals surface area contributed by atoms with E-state index in [0.717, 1.165) is 24.3 Å². The molecule has 0 radical (unpaired) electrons. The third-order valence-corrected chi connectivity index (χ3v) is 3.20. The minimum absolute atomic E-state index is 0.134. The quantitative estimate of drug-likeness (QED) is 0.644. The number of ketones is 1. The van der Waals surface area contributed by atoms with Crippen LogP contribution in [0.2, 0.25) is 5.02 Å². The summed E-state index contributed by atoms with van der Waals surface area (Å²) in [6.07, 6.45) is -2.71. The maximum atomic E-state index is 12.2. The summed E-state index contributed by atoms with van der Waals surface area (Å²) in [5.41, 5.74) is -1.27. The number of benzene rings is 1. The zero-order valence-corrected chi connectivity index (χ0v) is 13.3. The van der Waals surface area contributed by atoms with Crippen LogP contribution in [0.1, 0.15) is 21.7 Å². The molecule has 0 bridgehead atoms. The van der Waals surface area contributed by atoms with Gasteiger partial charge in [-0.1, -0.05) is 23.7 Å². The molecular formula is C16H10ClF3O5. The highest BCUT2D eigenvalue weighted by Gasteiger charge is 2.32. The number of aryl methyl sites for hydroxylation is 1. The highest BCUT2D eigenvalue weighted by Crippen LogP contribution is 2.31. The number of carbonyl (C=O) groups is 1. The van der Waals surface area contributed by atoms with Gasteiger partial charge in [-0.25, -0.2) is 4.79 Å². The largest absolute Gasteiger partial charge is 0.573 e. The first-order chi connectivity index (χ1) is 11.6. The van der Waals surface area contributed by atoms with Crippen LogP contribution < -0.4 is 10.4 Å². The summed E-state index contributed by atoms with van der Waals surface area (Å²) in [6, 6.07) is 4.47. The number of aromatic hydroxyl groups is 1. The van der Waals surface area contributed by atoms with Crippen LogP contribution in [0, 0.1) is 6.92 Å². The standard InChI is InChI=1S/C16H10ClF3O5/c1-8-6-12(22)14(15(23)24-8)11(21)4-2-9-3-5-13(10(17)7-9)25-16(18,19)20/h2-7,22H,1H3/b4-2+. The average Bonchev–Trinajstić information content (AvgIpc) is 2.45. The van der Waals surface area contributed by atoms with E-state index in [4.69, 9.17) is 16.0 Å². The van der Waals surface area contributed by atoms with Crippen molar-refractivity contribution in [1.82, 2.24) is 0 Å². The smallest absolute Gasteiger partial charge is 0.507 e. The minimum atomic E-state index is -4.88. The molecule has 0 spiro atoms. The Morgan fingerprint density at radius 2 is 2.00 bits per heavy atom. The zero-order valence-electron chi connectivity index (χ0n) is 12.6. The van der Waals surface area contributed by atoms with Crippen molar-refractivity contribution in [1.29, 1.82) is 0 Å². The Labute approximate surface area is 143 Å². The fraction of sp³-hybridized carbons (Fsp3) is 0.125. The molecule has 0 saturated heterocycles. The number of rotatable bonds is 4. The van der Waals surface area contributed by atoms with Gasteiger partial charge in [0.2, 0.25) is 0 Å². The molecule has 132 valence electrons. The molecule has 0 unspecified atom stereocenters. The van der Waals surface area contributed by atoms with Crippen LogP contribution in [0.5, 0.6) is 11.5 Å². The summed E-state index contributed by atoms with van der Waals surface area (Å²) in [4.78, 5) is 23.6. The van der Waals surface area contributed by atoms with Gasteiger partial charge in [0.15, 0.2) is 5.78 Å². The summed E-state index contributed by atoms with van der Waals surface area (Å²) >= 11 is 5.69. The van der Waals surface area contributed by atoms with Gasteiger partial charge in [-0.05, 0) is 30.7 Å². The van der Waals surface area contributed by atoms with Crippen molar-refractivity contribution in [2.24, 2.45) is 0 Å². The molecule has 25 heavy (non-hydrogen) atoms. The highest BCUT2D eigenvalue weighted by atomic mass is 35.5. The number of carbonyl (C=O) groups excluding carboxylic acids is 1. The van der Waals surface area contributed by atoms with Crippen LogP contribution in [0.3, 0.4) is 0 Å². The van der Waals surface area contributed by atoms with Crippen molar-refractivity contribution in [3.8, 4) is 11.5 Å². The van der Waals surface area contributed by atoms with E-state index in [0.29, 0.717) is 0 Å². The average molecular weight is 375 g/mol. The van der Waals surface area contributed by atoms with Gasteiger partial charge in [-0.15, -0.1) is 13.2 Å². The van der Waals surface area contributed by atoms with Gasteiger partial charge in [-0.2, -0.15) is 0 Å². The van der Waals surface area contributed by atoms with Crippen LogP contribution in [0.15, 0.2) is 39.6 Å². The normalized spacial score (nSPS) is 11.7. The Kier molecular flexibility index (Phi) is 5.22. The molecular weight excluding hydrogens is 365 g/mol. The second kappa shape index (κ2) is 7.02. The van der Waals surface area contributed by atoms with Gasteiger partial charge in [0.1, 0.15) is 22.8 Å². The maximum Gasteiger partial charge on any atom is 0.573 e. The van der Waals surface area contributed by atoms with E-state index in [-0.39, 0.29) is 16.3 Å². The Hall–Kier alpha value is -2.74. The van der Waals surface area contributed by atoms with Crippen LogP contribution in [-0.2, 0) is 0 Å². The van der Waals surface area contributed by atoms with E-state index in [1.807, 2.05) is 0 Å². The second-order valence-corrected chi connectivity index (χ2v) is 5.25. The highest BCUT2D eigenvalue weighted by molar-refractivity contribution is 6.32. The molecule has 0 aliphatic heterocycles. The van der Waals surface area contributed by atoms with E-state index < -0.39 is 34.8 Å². The molecule has 1 aromatic heterocycles. The van der Waals surface area contributed by atoms with E-state index >= 15 is 0 Å². The third-order valence-electron chi connectivity index (χ3n) is 2.91. The van der Waals surface area contributed by atoms with Crippen molar-refractivity contribution >= 4 is 23.5 Å². The summed E-state index contributed by atoms with van der Waals surface area (Å²) in [5.74, 6) is -1.82. The molecule has 5 nitrogen and oxygen atoms in total. The van der Waals surface area contributed by atoms with Crippen molar-refractivity contribution in [2.75, 3.05) is 0 Å². The molecule has 0 saturated carbocycles. The van der Waals surface area contributed by atoms with Crippen molar-refractivity contribution in [3.63, 3.8) is 0 Å². The SMILES string of the molecule is Cc1cc(O)c(C(=O)/C=C/c2ccc(OC(F)(F)F)c(Cl)c2)c(=O)o1. The lowest BCUT2D eigenvalue weighted by atomic mass is 10.1. The Bertz CT molecular complexity index is 900. The van der Waals surface area contributed by atoms with E-state index in [1.165, 1.54) is 19.1 Å². The van der Waals surface area contributed by atoms with Gasteiger partial charge in [0.25, 0.3) is 0 Å². The first-order valence-corrected chi connectivity index (χ1v) is 7.06. The predicted octanol–water partition coefficient (Wildman–Crippen LogP) is 4.10. The van der Waals surface area contributed by atoms with Crippen molar-refractivity contribution < 1.29 is 32.2 Å². The second-order valence-electron chi connectivity index (χ2n) is 4.84. The number of allylic oxidation sites excluding steroid dienone is 1. The number of ether oxygens (including phenoxy) is 1. The number of hydrogen-bond acceptors (Lipinski definition) is 5. The van der Waals surface area contributed by atoms with Crippen molar-refractivity contribution in [3.05, 3.63) is 62.7 Å². The van der Waals surface area contributed by atoms with Crippen LogP contribution in [0.4, 0.5) is 13.2 Å². The lowest BCUT2D eigenvalue weighted by Gasteiger charge is -2.10. The molecule has 0 fully saturated rings. The summed E-state index contributed by atoms with van der Waals surface area (Å²) < 4.78 is 44.9. The summed E-state index contributed by atoms with van der Waals surface area (Å²) in [6.45, 7) is 1.43. The Morgan fingerprint density at radius 3 is 2.56 bits per heavy atom. The van der Waals surface area contributed by atoms with Gasteiger partial charge < -0.3 is 14.3 Å². The summed E-state index contributed by atoms with van der Waals surface area (Å²) in [7, 11) is 0. The van der Waals surface area contributed by atoms with Gasteiger partial charge in [0.05, 0.1) is 5.02 Å². The third kappa shape index (κ3) is 4.87. The lowest BCUT2D eigenvalue weighted by molar-refractivity contribution is -0.274.